The summed E-state index contributed by atoms with van der Waals surface area (Å²) in [5.41, 5.74) is -0.345. The molecule has 0 aliphatic carbocycles. The standard InChI is InChI=1S/C18H31N4O4P/c1-8-16(12-21-11-15(6)17(23)20-18(21)24)26-27(25-10-9-19-7)22(13(2)3)14(4)5/h11,13-14,16H,8-10,12H2,1-6H3,(H,20,23,24)/t16-,27?/m1/s1. The van der Waals surface area contributed by atoms with E-state index >= 15 is 0 Å². The van der Waals surface area contributed by atoms with E-state index in [0.717, 1.165) is 0 Å². The predicted octanol–water partition coefficient (Wildman–Crippen LogP) is 2.92. The number of nitrogens with one attached hydrogen (secondary N) is 1. The van der Waals surface area contributed by atoms with Gasteiger partial charge in [-0.1, -0.05) is 6.92 Å². The Morgan fingerprint density at radius 3 is 2.44 bits per heavy atom. The molecule has 0 radical (unpaired) electrons. The van der Waals surface area contributed by atoms with E-state index in [1.165, 1.54) is 4.57 Å². The minimum Gasteiger partial charge on any atom is -0.317 e. The molecule has 1 unspecified atom stereocenters. The average Bonchev–Trinajstić information content (AvgIpc) is 2.58. The molecular weight excluding hydrogens is 367 g/mol. The molecule has 0 saturated carbocycles. The maximum Gasteiger partial charge on any atom is 0.328 e. The Labute approximate surface area is 162 Å². The van der Waals surface area contributed by atoms with Gasteiger partial charge in [-0.3, -0.25) is 14.3 Å². The van der Waals surface area contributed by atoms with Crippen molar-refractivity contribution < 1.29 is 9.05 Å². The third-order valence-electron chi connectivity index (χ3n) is 3.94. The summed E-state index contributed by atoms with van der Waals surface area (Å²) in [7, 11) is -1.38. The monoisotopic (exact) mass is 398 g/mol. The Kier molecular flexibility index (Phi) is 9.89. The molecule has 2 atom stereocenters. The largest absolute Gasteiger partial charge is 0.328 e. The second kappa shape index (κ2) is 11.4. The SMILES string of the molecule is [C-]#[N+]CCOP(O[C@H](CC)Cn1cc(C)c(=O)[nH]c1=O)N(C(C)C)C(C)C. The molecule has 0 bridgehead atoms. The molecule has 9 heteroatoms. The highest BCUT2D eigenvalue weighted by molar-refractivity contribution is 7.44. The first-order valence-corrected chi connectivity index (χ1v) is 10.4. The van der Waals surface area contributed by atoms with Crippen molar-refractivity contribution in [2.75, 3.05) is 13.2 Å². The molecule has 0 saturated heterocycles. The lowest BCUT2D eigenvalue weighted by atomic mass is 10.3. The van der Waals surface area contributed by atoms with Crippen LogP contribution in [0.5, 0.6) is 0 Å². The van der Waals surface area contributed by atoms with Crippen LogP contribution in [0.25, 0.3) is 4.85 Å². The Morgan fingerprint density at radius 1 is 1.30 bits per heavy atom. The minimum absolute atomic E-state index is 0.208. The zero-order chi connectivity index (χ0) is 20.6. The van der Waals surface area contributed by atoms with Crippen LogP contribution in [0.2, 0.25) is 0 Å². The summed E-state index contributed by atoms with van der Waals surface area (Å²) in [6, 6.07) is 0.416. The number of aromatic amines is 1. The van der Waals surface area contributed by atoms with Gasteiger partial charge in [0.15, 0.2) is 0 Å². The van der Waals surface area contributed by atoms with Crippen LogP contribution in [0, 0.1) is 13.5 Å². The highest BCUT2D eigenvalue weighted by atomic mass is 31.2. The van der Waals surface area contributed by atoms with Crippen molar-refractivity contribution in [2.24, 2.45) is 0 Å². The van der Waals surface area contributed by atoms with Crippen LogP contribution >= 0.6 is 8.53 Å². The summed E-state index contributed by atoms with van der Waals surface area (Å²) in [6.07, 6.45) is 1.98. The van der Waals surface area contributed by atoms with E-state index in [9.17, 15) is 9.59 Å². The van der Waals surface area contributed by atoms with Crippen LogP contribution in [-0.2, 0) is 15.6 Å². The van der Waals surface area contributed by atoms with Gasteiger partial charge in [0, 0.05) is 23.8 Å². The van der Waals surface area contributed by atoms with Crippen LogP contribution in [0.3, 0.4) is 0 Å². The van der Waals surface area contributed by atoms with Crippen LogP contribution < -0.4 is 11.2 Å². The average molecular weight is 398 g/mol. The third kappa shape index (κ3) is 7.19. The van der Waals surface area contributed by atoms with E-state index in [1.54, 1.807) is 13.1 Å². The molecule has 0 spiro atoms. The maximum absolute atomic E-state index is 12.1. The maximum atomic E-state index is 12.1. The van der Waals surface area contributed by atoms with Gasteiger partial charge in [-0.2, -0.15) is 0 Å². The molecule has 0 aromatic carbocycles. The number of aromatic nitrogens is 2. The second-order valence-corrected chi connectivity index (χ2v) is 8.29. The molecule has 1 rings (SSSR count). The summed E-state index contributed by atoms with van der Waals surface area (Å²) < 4.78 is 15.8. The molecule has 0 fully saturated rings. The van der Waals surface area contributed by atoms with E-state index in [0.29, 0.717) is 25.1 Å². The Balaban J connectivity index is 3.01. The summed E-state index contributed by atoms with van der Waals surface area (Å²) in [5, 5.41) is 0. The Hall–Kier alpha value is -1.52. The molecule has 0 amide bonds. The van der Waals surface area contributed by atoms with Crippen LogP contribution in [-0.4, -0.2) is 45.6 Å². The van der Waals surface area contributed by atoms with E-state index in [4.69, 9.17) is 15.6 Å². The van der Waals surface area contributed by atoms with E-state index < -0.39 is 14.2 Å². The molecule has 1 aromatic heterocycles. The Bertz CT molecular complexity index is 730. The summed E-state index contributed by atoms with van der Waals surface area (Å²) in [4.78, 5) is 29.3. The molecular formula is C18H31N4O4P. The van der Waals surface area contributed by atoms with Gasteiger partial charge in [0.25, 0.3) is 14.1 Å². The quantitative estimate of drug-likeness (QED) is 0.352. The van der Waals surface area contributed by atoms with E-state index in [2.05, 4.69) is 42.2 Å². The summed E-state index contributed by atoms with van der Waals surface area (Å²) >= 11 is 0. The predicted molar refractivity (Wildman–Crippen MR) is 108 cm³/mol. The lowest BCUT2D eigenvalue weighted by molar-refractivity contribution is 0.119. The van der Waals surface area contributed by atoms with Gasteiger partial charge in [-0.25, -0.2) is 16.0 Å². The number of aryl methyl sites for hydroxylation is 1. The molecule has 0 aliphatic heterocycles. The van der Waals surface area contributed by atoms with Crippen molar-refractivity contribution in [3.8, 4) is 0 Å². The summed E-state index contributed by atoms with van der Waals surface area (Å²) in [5.74, 6) is 0. The van der Waals surface area contributed by atoms with Gasteiger partial charge < -0.3 is 13.9 Å². The lowest BCUT2D eigenvalue weighted by Crippen LogP contribution is -2.37. The minimum atomic E-state index is -1.38. The van der Waals surface area contributed by atoms with Gasteiger partial charge in [0.2, 0.25) is 6.54 Å². The first-order valence-electron chi connectivity index (χ1n) is 9.22. The van der Waals surface area contributed by atoms with Crippen molar-refractivity contribution in [3.63, 3.8) is 0 Å². The fourth-order valence-corrected chi connectivity index (χ4v) is 4.39. The number of rotatable bonds is 11. The number of H-pyrrole nitrogens is 1. The highest BCUT2D eigenvalue weighted by Gasteiger charge is 2.30. The van der Waals surface area contributed by atoms with Gasteiger partial charge in [0.1, 0.15) is 6.61 Å². The van der Waals surface area contributed by atoms with Crippen molar-refractivity contribution in [3.05, 3.63) is 44.0 Å². The van der Waals surface area contributed by atoms with Gasteiger partial charge >= 0.3 is 5.69 Å². The number of hydrogen-bond acceptors (Lipinski definition) is 5. The van der Waals surface area contributed by atoms with Crippen LogP contribution in [0.15, 0.2) is 15.8 Å². The van der Waals surface area contributed by atoms with Crippen LogP contribution in [0.1, 0.15) is 46.6 Å². The van der Waals surface area contributed by atoms with Gasteiger partial charge in [-0.15, -0.1) is 0 Å². The number of hydrogen-bond donors (Lipinski definition) is 1. The smallest absolute Gasteiger partial charge is 0.317 e. The topological polar surface area (TPSA) is 80.9 Å². The van der Waals surface area contributed by atoms with Crippen molar-refractivity contribution in [2.45, 2.75) is 72.7 Å². The zero-order valence-corrected chi connectivity index (χ0v) is 18.0. The molecule has 1 heterocycles. The molecule has 8 nitrogen and oxygen atoms in total. The number of nitrogens with zero attached hydrogens (tertiary/aromatic N) is 3. The molecule has 152 valence electrons. The highest BCUT2D eigenvalue weighted by Crippen LogP contribution is 2.47. The first kappa shape index (κ1) is 23.5. The third-order valence-corrected chi connectivity index (χ3v) is 6.12. The second-order valence-electron chi connectivity index (χ2n) is 6.88. The van der Waals surface area contributed by atoms with Crippen molar-refractivity contribution >= 4 is 8.53 Å². The normalized spacial score (nSPS) is 13.9. The fourth-order valence-electron chi connectivity index (χ4n) is 2.63. The first-order chi connectivity index (χ1) is 12.7. The molecule has 27 heavy (non-hydrogen) atoms. The van der Waals surface area contributed by atoms with Gasteiger partial charge in [-0.05, 0) is 41.0 Å². The molecule has 0 aliphatic rings. The Morgan fingerprint density at radius 2 is 1.93 bits per heavy atom. The van der Waals surface area contributed by atoms with Crippen LogP contribution in [0.4, 0.5) is 0 Å². The molecule has 1 N–H and O–H groups in total. The fraction of sp³-hybridized carbons (Fsp3) is 0.722. The lowest BCUT2D eigenvalue weighted by Gasteiger charge is -2.37. The van der Waals surface area contributed by atoms with Crippen molar-refractivity contribution in [1.82, 2.24) is 14.2 Å². The van der Waals surface area contributed by atoms with E-state index in [-0.39, 0.29) is 30.3 Å². The van der Waals surface area contributed by atoms with E-state index in [1.807, 2.05) is 6.92 Å². The van der Waals surface area contributed by atoms with Gasteiger partial charge in [0.05, 0.1) is 12.6 Å². The van der Waals surface area contributed by atoms with Crippen molar-refractivity contribution in [1.29, 1.82) is 0 Å². The summed E-state index contributed by atoms with van der Waals surface area (Å²) in [6.45, 7) is 19.8. The zero-order valence-electron chi connectivity index (χ0n) is 17.1. The molecule has 1 aromatic rings.